The van der Waals surface area contributed by atoms with Gasteiger partial charge < -0.3 is 19.3 Å². The van der Waals surface area contributed by atoms with E-state index in [9.17, 15) is 4.79 Å². The summed E-state index contributed by atoms with van der Waals surface area (Å²) >= 11 is 0. The highest BCUT2D eigenvalue weighted by Gasteiger charge is 2.33. The minimum Gasteiger partial charge on any atom is -0.471 e. The fourth-order valence-corrected chi connectivity index (χ4v) is 2.80. The summed E-state index contributed by atoms with van der Waals surface area (Å²) in [4.78, 5) is 16.1. The number of amides is 1. The van der Waals surface area contributed by atoms with Crippen molar-refractivity contribution in [2.24, 2.45) is 5.92 Å². The van der Waals surface area contributed by atoms with Gasteiger partial charge in [0.05, 0.1) is 19.1 Å². The first-order chi connectivity index (χ1) is 10.6. The maximum atomic E-state index is 12.3. The Morgan fingerprint density at radius 1 is 1.36 bits per heavy atom. The van der Waals surface area contributed by atoms with E-state index in [4.69, 9.17) is 9.47 Å². The standard InChI is InChI=1S/C15H22N4O3/c1-18(2)13-3-4-14(17-16-13)22-12-5-7-19(9-12)15(20)11-6-8-21-10-11/h3-4,11-12H,5-10H2,1-2H3. The molecule has 2 fully saturated rings. The van der Waals surface area contributed by atoms with Crippen LogP contribution in [0.25, 0.3) is 0 Å². The number of hydrogen-bond acceptors (Lipinski definition) is 6. The lowest BCUT2D eigenvalue weighted by Crippen LogP contribution is -2.36. The molecule has 0 bridgehead atoms. The SMILES string of the molecule is CN(C)c1ccc(OC2CCN(C(=O)C3CCOC3)C2)nn1. The number of ether oxygens (including phenoxy) is 2. The van der Waals surface area contributed by atoms with Crippen LogP contribution < -0.4 is 9.64 Å². The molecule has 0 N–H and O–H groups in total. The smallest absolute Gasteiger partial charge is 0.233 e. The monoisotopic (exact) mass is 306 g/mol. The van der Waals surface area contributed by atoms with Gasteiger partial charge in [0.15, 0.2) is 5.82 Å². The lowest BCUT2D eigenvalue weighted by Gasteiger charge is -2.19. The molecule has 0 saturated carbocycles. The molecule has 0 aliphatic carbocycles. The van der Waals surface area contributed by atoms with Gasteiger partial charge in [-0.25, -0.2) is 0 Å². The van der Waals surface area contributed by atoms with Crippen LogP contribution >= 0.6 is 0 Å². The van der Waals surface area contributed by atoms with E-state index >= 15 is 0 Å². The average Bonchev–Trinajstić information content (AvgIpc) is 3.19. The van der Waals surface area contributed by atoms with E-state index in [1.807, 2.05) is 36.0 Å². The Hall–Kier alpha value is -1.89. The number of aromatic nitrogens is 2. The molecular formula is C15H22N4O3. The van der Waals surface area contributed by atoms with Crippen LogP contribution in [0.15, 0.2) is 12.1 Å². The first kappa shape index (κ1) is 15.0. The maximum Gasteiger partial charge on any atom is 0.233 e. The molecule has 3 heterocycles. The van der Waals surface area contributed by atoms with Crippen LogP contribution in [0.1, 0.15) is 12.8 Å². The molecular weight excluding hydrogens is 284 g/mol. The Morgan fingerprint density at radius 3 is 2.86 bits per heavy atom. The summed E-state index contributed by atoms with van der Waals surface area (Å²) in [6.07, 6.45) is 1.65. The second-order valence-electron chi connectivity index (χ2n) is 6.00. The Balaban J connectivity index is 1.53. The number of rotatable bonds is 4. The molecule has 120 valence electrons. The summed E-state index contributed by atoms with van der Waals surface area (Å²) in [7, 11) is 3.83. The molecule has 2 aliphatic heterocycles. The fourth-order valence-electron chi connectivity index (χ4n) is 2.80. The number of carbonyl (C=O) groups excluding carboxylic acids is 1. The van der Waals surface area contributed by atoms with Crippen LogP contribution in [0.5, 0.6) is 5.88 Å². The van der Waals surface area contributed by atoms with Gasteiger partial charge in [-0.2, -0.15) is 0 Å². The molecule has 7 heteroatoms. The van der Waals surface area contributed by atoms with Crippen molar-refractivity contribution < 1.29 is 14.3 Å². The topological polar surface area (TPSA) is 67.8 Å². The molecule has 2 atom stereocenters. The van der Waals surface area contributed by atoms with E-state index in [2.05, 4.69) is 10.2 Å². The molecule has 7 nitrogen and oxygen atoms in total. The number of anilines is 1. The minimum absolute atomic E-state index is 0.00854. The van der Waals surface area contributed by atoms with Gasteiger partial charge in [-0.1, -0.05) is 0 Å². The Kier molecular flexibility index (Phi) is 4.42. The van der Waals surface area contributed by atoms with E-state index in [1.54, 1.807) is 0 Å². The summed E-state index contributed by atoms with van der Waals surface area (Å²) < 4.78 is 11.1. The summed E-state index contributed by atoms with van der Waals surface area (Å²) in [6.45, 7) is 2.60. The van der Waals surface area contributed by atoms with Gasteiger partial charge in [-0.3, -0.25) is 4.79 Å². The third kappa shape index (κ3) is 3.30. The van der Waals surface area contributed by atoms with Crippen molar-refractivity contribution in [2.45, 2.75) is 18.9 Å². The second-order valence-corrected chi connectivity index (χ2v) is 6.00. The average molecular weight is 306 g/mol. The first-order valence-corrected chi connectivity index (χ1v) is 7.67. The molecule has 2 unspecified atom stereocenters. The summed E-state index contributed by atoms with van der Waals surface area (Å²) in [6, 6.07) is 3.69. The Morgan fingerprint density at radius 2 is 2.23 bits per heavy atom. The summed E-state index contributed by atoms with van der Waals surface area (Å²) in [5.41, 5.74) is 0. The highest BCUT2D eigenvalue weighted by molar-refractivity contribution is 5.79. The molecule has 0 spiro atoms. The van der Waals surface area contributed by atoms with Gasteiger partial charge in [0, 0.05) is 39.7 Å². The lowest BCUT2D eigenvalue weighted by atomic mass is 10.1. The number of nitrogens with zero attached hydrogens (tertiary/aromatic N) is 4. The van der Waals surface area contributed by atoms with Crippen molar-refractivity contribution in [3.05, 3.63) is 12.1 Å². The van der Waals surface area contributed by atoms with E-state index < -0.39 is 0 Å². The van der Waals surface area contributed by atoms with Crippen molar-refractivity contribution >= 4 is 11.7 Å². The van der Waals surface area contributed by atoms with E-state index in [0.717, 1.165) is 25.2 Å². The van der Waals surface area contributed by atoms with Crippen LogP contribution in [0.4, 0.5) is 5.82 Å². The van der Waals surface area contributed by atoms with Crippen molar-refractivity contribution in [1.29, 1.82) is 0 Å². The van der Waals surface area contributed by atoms with Crippen molar-refractivity contribution in [2.75, 3.05) is 45.3 Å². The van der Waals surface area contributed by atoms with Crippen LogP contribution in [-0.4, -0.2) is 67.5 Å². The zero-order valence-electron chi connectivity index (χ0n) is 13.1. The minimum atomic E-state index is -0.00854. The van der Waals surface area contributed by atoms with Gasteiger partial charge in [0.2, 0.25) is 11.8 Å². The molecule has 1 aromatic heterocycles. The maximum absolute atomic E-state index is 12.3. The zero-order valence-corrected chi connectivity index (χ0v) is 13.1. The molecule has 2 saturated heterocycles. The van der Waals surface area contributed by atoms with Gasteiger partial charge in [-0.15, -0.1) is 10.2 Å². The quantitative estimate of drug-likeness (QED) is 0.809. The van der Waals surface area contributed by atoms with Gasteiger partial charge >= 0.3 is 0 Å². The fraction of sp³-hybridized carbons (Fsp3) is 0.667. The molecule has 0 radical (unpaired) electrons. The molecule has 2 aliphatic rings. The van der Waals surface area contributed by atoms with Crippen LogP contribution in [0, 0.1) is 5.92 Å². The van der Waals surface area contributed by atoms with Crippen LogP contribution in [-0.2, 0) is 9.53 Å². The van der Waals surface area contributed by atoms with Crippen molar-refractivity contribution in [3.63, 3.8) is 0 Å². The molecule has 3 rings (SSSR count). The predicted molar refractivity (Wildman–Crippen MR) is 80.9 cm³/mol. The Labute approximate surface area is 130 Å². The lowest BCUT2D eigenvalue weighted by molar-refractivity contribution is -0.134. The highest BCUT2D eigenvalue weighted by atomic mass is 16.5. The molecule has 1 amide bonds. The Bertz CT molecular complexity index is 514. The number of likely N-dealkylation sites (tertiary alicyclic amines) is 1. The summed E-state index contributed by atoms with van der Waals surface area (Å²) in [5, 5.41) is 8.16. The second kappa shape index (κ2) is 6.48. The highest BCUT2D eigenvalue weighted by Crippen LogP contribution is 2.22. The first-order valence-electron chi connectivity index (χ1n) is 7.67. The van der Waals surface area contributed by atoms with Crippen LogP contribution in [0.3, 0.4) is 0 Å². The normalized spacial score (nSPS) is 24.5. The van der Waals surface area contributed by atoms with Gasteiger partial charge in [0.25, 0.3) is 0 Å². The number of carbonyl (C=O) groups is 1. The number of hydrogen-bond donors (Lipinski definition) is 0. The van der Waals surface area contributed by atoms with Gasteiger partial charge in [0.1, 0.15) is 6.10 Å². The largest absolute Gasteiger partial charge is 0.471 e. The zero-order chi connectivity index (χ0) is 15.5. The van der Waals surface area contributed by atoms with E-state index in [1.165, 1.54) is 0 Å². The van der Waals surface area contributed by atoms with Gasteiger partial charge in [-0.05, 0) is 12.5 Å². The van der Waals surface area contributed by atoms with Crippen LogP contribution in [0.2, 0.25) is 0 Å². The van der Waals surface area contributed by atoms with Crippen molar-refractivity contribution in [3.8, 4) is 5.88 Å². The third-order valence-electron chi connectivity index (χ3n) is 4.11. The summed E-state index contributed by atoms with van der Waals surface area (Å²) in [5.74, 6) is 1.52. The predicted octanol–water partition coefficient (Wildman–Crippen LogP) is 0.559. The van der Waals surface area contributed by atoms with Crippen molar-refractivity contribution in [1.82, 2.24) is 15.1 Å². The molecule has 1 aromatic rings. The molecule has 22 heavy (non-hydrogen) atoms. The van der Waals surface area contributed by atoms with E-state index in [-0.39, 0.29) is 17.9 Å². The van der Waals surface area contributed by atoms with E-state index in [0.29, 0.717) is 25.6 Å². The molecule has 0 aromatic carbocycles. The third-order valence-corrected chi connectivity index (χ3v) is 4.11.